The van der Waals surface area contributed by atoms with Gasteiger partial charge in [0.05, 0.1) is 25.7 Å². The van der Waals surface area contributed by atoms with Crippen LogP contribution in [0.1, 0.15) is 17.0 Å². The molecule has 0 aromatic heterocycles. The number of carbonyl (C=O) groups is 1. The number of methoxy groups -OCH3 is 2. The number of aromatic hydroxyl groups is 2. The molecule has 1 atom stereocenters. The van der Waals surface area contributed by atoms with Crippen molar-refractivity contribution in [2.24, 2.45) is 0 Å². The van der Waals surface area contributed by atoms with E-state index in [1.54, 1.807) is 26.4 Å². The second-order valence-electron chi connectivity index (χ2n) is 6.41. The Balaban J connectivity index is 1.85. The van der Waals surface area contributed by atoms with Crippen LogP contribution < -0.4 is 14.2 Å². The van der Waals surface area contributed by atoms with Gasteiger partial charge in [0.2, 0.25) is 0 Å². The first-order valence-electron chi connectivity index (χ1n) is 8.61. The van der Waals surface area contributed by atoms with Crippen molar-refractivity contribution in [2.45, 2.75) is 5.92 Å². The maximum atomic E-state index is 11.9. The van der Waals surface area contributed by atoms with Gasteiger partial charge in [-0.3, -0.25) is 0 Å². The first kappa shape index (κ1) is 17.7. The Morgan fingerprint density at radius 1 is 0.964 bits per heavy atom. The van der Waals surface area contributed by atoms with Crippen LogP contribution >= 0.6 is 0 Å². The minimum atomic E-state index is -0.719. The van der Waals surface area contributed by atoms with Crippen molar-refractivity contribution in [1.82, 2.24) is 0 Å². The molecular formula is C22H18O6. The highest BCUT2D eigenvalue weighted by Crippen LogP contribution is 2.49. The van der Waals surface area contributed by atoms with Gasteiger partial charge in [-0.2, -0.15) is 0 Å². The van der Waals surface area contributed by atoms with E-state index in [4.69, 9.17) is 14.2 Å². The van der Waals surface area contributed by atoms with Crippen molar-refractivity contribution in [3.63, 3.8) is 0 Å². The molecule has 1 aliphatic heterocycles. The smallest absolute Gasteiger partial charge is 0.139 e. The molecule has 0 spiro atoms. The van der Waals surface area contributed by atoms with E-state index < -0.39 is 5.92 Å². The Labute approximate surface area is 161 Å². The number of rotatable bonds is 4. The number of hydrogen-bond acceptors (Lipinski definition) is 6. The number of aldehydes is 1. The number of hydrogen-bond donors (Lipinski definition) is 2. The molecule has 4 rings (SSSR count). The molecule has 0 amide bonds. The molecule has 0 bridgehead atoms. The molecule has 0 radical (unpaired) electrons. The van der Waals surface area contributed by atoms with Crippen molar-refractivity contribution in [1.29, 1.82) is 0 Å². The SMILES string of the molecule is COc1ccc(-c2ccc3c(c2)C(C=O)c2c(O)cc(O)cc2O3)c(OC)c1. The number of fused-ring (bicyclic) bond motifs is 2. The van der Waals surface area contributed by atoms with Crippen LogP contribution in [0.3, 0.4) is 0 Å². The normalized spacial score (nSPS) is 14.4. The molecule has 3 aromatic carbocycles. The van der Waals surface area contributed by atoms with Gasteiger partial charge in [-0.05, 0) is 29.8 Å². The van der Waals surface area contributed by atoms with Gasteiger partial charge in [-0.15, -0.1) is 0 Å². The van der Waals surface area contributed by atoms with Gasteiger partial charge in [0.25, 0.3) is 0 Å². The number of ether oxygens (including phenoxy) is 3. The molecule has 0 aliphatic carbocycles. The number of phenols is 2. The van der Waals surface area contributed by atoms with Crippen molar-refractivity contribution in [3.8, 4) is 45.6 Å². The molecule has 0 saturated heterocycles. The number of benzene rings is 3. The topological polar surface area (TPSA) is 85.2 Å². The van der Waals surface area contributed by atoms with E-state index in [1.807, 2.05) is 24.3 Å². The van der Waals surface area contributed by atoms with E-state index in [1.165, 1.54) is 12.1 Å². The molecule has 6 nitrogen and oxygen atoms in total. The lowest BCUT2D eigenvalue weighted by atomic mass is 9.86. The maximum Gasteiger partial charge on any atom is 0.139 e. The first-order chi connectivity index (χ1) is 13.5. The standard InChI is InChI=1S/C22H18O6/c1-26-14-4-5-15(20(10-14)27-2)12-3-6-19-16(7-12)17(11-23)22-18(25)8-13(24)9-21(22)28-19/h3-11,17,24-25H,1-2H3. The van der Waals surface area contributed by atoms with Crippen LogP contribution in [0.2, 0.25) is 0 Å². The first-order valence-corrected chi connectivity index (χ1v) is 8.61. The van der Waals surface area contributed by atoms with Crippen LogP contribution in [-0.2, 0) is 4.79 Å². The van der Waals surface area contributed by atoms with E-state index >= 15 is 0 Å². The Bertz CT molecular complexity index is 1070. The van der Waals surface area contributed by atoms with Gasteiger partial charge in [-0.1, -0.05) is 6.07 Å². The van der Waals surface area contributed by atoms with Gasteiger partial charge in [-0.25, -0.2) is 0 Å². The predicted octanol–water partition coefficient (Wildman–Crippen LogP) is 4.22. The monoisotopic (exact) mass is 378 g/mol. The third-order valence-electron chi connectivity index (χ3n) is 4.84. The minimum absolute atomic E-state index is 0.135. The summed E-state index contributed by atoms with van der Waals surface area (Å²) in [6, 6.07) is 13.5. The molecular weight excluding hydrogens is 360 g/mol. The molecule has 142 valence electrons. The van der Waals surface area contributed by atoms with Crippen molar-refractivity contribution in [2.75, 3.05) is 14.2 Å². The van der Waals surface area contributed by atoms with Crippen LogP contribution in [0.4, 0.5) is 0 Å². The zero-order valence-corrected chi connectivity index (χ0v) is 15.3. The third-order valence-corrected chi connectivity index (χ3v) is 4.84. The maximum absolute atomic E-state index is 11.9. The van der Waals surface area contributed by atoms with Crippen molar-refractivity contribution < 1.29 is 29.2 Å². The molecule has 3 aromatic rings. The second-order valence-corrected chi connectivity index (χ2v) is 6.41. The molecule has 6 heteroatoms. The summed E-state index contributed by atoms with van der Waals surface area (Å²) in [7, 11) is 3.16. The lowest BCUT2D eigenvalue weighted by Gasteiger charge is -2.26. The quantitative estimate of drug-likeness (QED) is 0.661. The summed E-state index contributed by atoms with van der Waals surface area (Å²) >= 11 is 0. The molecule has 28 heavy (non-hydrogen) atoms. The minimum Gasteiger partial charge on any atom is -0.508 e. The second kappa shape index (κ2) is 6.81. The molecule has 0 fully saturated rings. The lowest BCUT2D eigenvalue weighted by Crippen LogP contribution is -2.12. The van der Waals surface area contributed by atoms with Gasteiger partial charge in [0.15, 0.2) is 0 Å². The molecule has 2 N–H and O–H groups in total. The molecule has 1 heterocycles. The fourth-order valence-corrected chi connectivity index (χ4v) is 3.50. The van der Waals surface area contributed by atoms with Crippen LogP contribution in [0, 0.1) is 0 Å². The summed E-state index contributed by atoms with van der Waals surface area (Å²) in [5.74, 6) is 1.01. The van der Waals surface area contributed by atoms with Crippen molar-refractivity contribution in [3.05, 3.63) is 59.7 Å². The fourth-order valence-electron chi connectivity index (χ4n) is 3.50. The van der Waals surface area contributed by atoms with E-state index in [0.717, 1.165) is 17.4 Å². The summed E-state index contributed by atoms with van der Waals surface area (Å²) in [4.78, 5) is 11.9. The average molecular weight is 378 g/mol. The Morgan fingerprint density at radius 2 is 1.79 bits per heavy atom. The van der Waals surface area contributed by atoms with E-state index in [-0.39, 0.29) is 17.2 Å². The average Bonchev–Trinajstić information content (AvgIpc) is 2.71. The van der Waals surface area contributed by atoms with Gasteiger partial charge in [0.1, 0.15) is 40.8 Å². The van der Waals surface area contributed by atoms with Crippen LogP contribution in [0.25, 0.3) is 11.1 Å². The molecule has 1 aliphatic rings. The number of carbonyl (C=O) groups excluding carboxylic acids is 1. The van der Waals surface area contributed by atoms with Crippen LogP contribution in [-0.4, -0.2) is 30.7 Å². The summed E-state index contributed by atoms with van der Waals surface area (Å²) in [6.45, 7) is 0. The summed E-state index contributed by atoms with van der Waals surface area (Å²) in [6.07, 6.45) is 0.756. The Kier molecular flexibility index (Phi) is 4.31. The van der Waals surface area contributed by atoms with Gasteiger partial charge < -0.3 is 29.2 Å². The number of phenolic OH excluding ortho intramolecular Hbond substituents is 2. The molecule has 1 unspecified atom stereocenters. The van der Waals surface area contributed by atoms with E-state index in [0.29, 0.717) is 28.4 Å². The lowest BCUT2D eigenvalue weighted by molar-refractivity contribution is -0.108. The Hall–Kier alpha value is -3.67. The summed E-state index contributed by atoms with van der Waals surface area (Å²) in [5, 5.41) is 20.0. The highest BCUT2D eigenvalue weighted by Gasteiger charge is 2.31. The van der Waals surface area contributed by atoms with E-state index in [9.17, 15) is 15.0 Å². The van der Waals surface area contributed by atoms with Crippen LogP contribution in [0.5, 0.6) is 34.5 Å². The van der Waals surface area contributed by atoms with Gasteiger partial charge in [0, 0.05) is 29.3 Å². The molecule has 0 saturated carbocycles. The summed E-state index contributed by atoms with van der Waals surface area (Å²) in [5.41, 5.74) is 2.62. The zero-order chi connectivity index (χ0) is 19.8. The highest BCUT2D eigenvalue weighted by atomic mass is 16.5. The fraction of sp³-hybridized carbons (Fsp3) is 0.136. The third kappa shape index (κ3) is 2.79. The largest absolute Gasteiger partial charge is 0.508 e. The van der Waals surface area contributed by atoms with Gasteiger partial charge >= 0.3 is 0 Å². The highest BCUT2D eigenvalue weighted by molar-refractivity contribution is 5.80. The predicted molar refractivity (Wildman–Crippen MR) is 103 cm³/mol. The van der Waals surface area contributed by atoms with Crippen molar-refractivity contribution >= 4 is 6.29 Å². The van der Waals surface area contributed by atoms with E-state index in [2.05, 4.69) is 0 Å². The van der Waals surface area contributed by atoms with Crippen LogP contribution in [0.15, 0.2) is 48.5 Å². The summed E-state index contributed by atoms with van der Waals surface area (Å²) < 4.78 is 16.5. The zero-order valence-electron chi connectivity index (χ0n) is 15.3. The Morgan fingerprint density at radius 3 is 2.50 bits per heavy atom.